The van der Waals surface area contributed by atoms with Crippen molar-refractivity contribution in [2.75, 3.05) is 25.0 Å². The summed E-state index contributed by atoms with van der Waals surface area (Å²) in [6.07, 6.45) is 4.22. The lowest BCUT2D eigenvalue weighted by Crippen LogP contribution is -2.27. The van der Waals surface area contributed by atoms with Crippen LogP contribution >= 0.6 is 0 Å². The third-order valence-corrected chi connectivity index (χ3v) is 3.82. The summed E-state index contributed by atoms with van der Waals surface area (Å²) in [5, 5.41) is 14.0. The highest BCUT2D eigenvalue weighted by Gasteiger charge is 2.18. The van der Waals surface area contributed by atoms with Crippen molar-refractivity contribution in [1.82, 2.24) is 4.90 Å². The summed E-state index contributed by atoms with van der Waals surface area (Å²) in [6.45, 7) is 5.39. The summed E-state index contributed by atoms with van der Waals surface area (Å²) in [5.41, 5.74) is 0.286. The number of nitrogens with zero attached hydrogens (tertiary/aromatic N) is 2. The average molecular weight is 295 g/mol. The molecular formula is C15H22FN3O2. The molecule has 1 saturated heterocycles. The number of anilines is 1. The lowest BCUT2D eigenvalue weighted by atomic mass is 10.1. The maximum Gasteiger partial charge on any atom is 0.274 e. The van der Waals surface area contributed by atoms with E-state index in [2.05, 4.69) is 17.1 Å². The zero-order valence-corrected chi connectivity index (χ0v) is 12.3. The number of rotatable bonds is 5. The zero-order chi connectivity index (χ0) is 15.2. The Morgan fingerprint density at radius 1 is 1.38 bits per heavy atom. The van der Waals surface area contributed by atoms with Gasteiger partial charge < -0.3 is 10.2 Å². The number of nitro groups is 1. The molecule has 1 aliphatic heterocycles. The van der Waals surface area contributed by atoms with Crippen molar-refractivity contribution in [1.29, 1.82) is 0 Å². The van der Waals surface area contributed by atoms with Crippen LogP contribution < -0.4 is 5.32 Å². The zero-order valence-electron chi connectivity index (χ0n) is 12.3. The summed E-state index contributed by atoms with van der Waals surface area (Å²) in [6, 6.07) is 3.91. The molecule has 0 radical (unpaired) electrons. The van der Waals surface area contributed by atoms with Crippen molar-refractivity contribution < 1.29 is 9.31 Å². The minimum absolute atomic E-state index is 0.210. The van der Waals surface area contributed by atoms with E-state index in [1.807, 2.05) is 0 Å². The molecule has 0 saturated carbocycles. The van der Waals surface area contributed by atoms with Gasteiger partial charge >= 0.3 is 0 Å². The number of non-ortho nitro benzene ring substituents is 1. The van der Waals surface area contributed by atoms with Crippen LogP contribution in [0.4, 0.5) is 15.8 Å². The second kappa shape index (κ2) is 7.36. The average Bonchev–Trinajstić information content (AvgIpc) is 2.64. The standard InChI is InChI=1S/C15H22FN3O2/c1-2-6-18-7-3-4-13(5-8-18)17-14-9-12(16)10-15(11-14)19(20)21/h9-11,13,17H,2-8H2,1H3. The van der Waals surface area contributed by atoms with Gasteiger partial charge in [-0.1, -0.05) is 6.92 Å². The molecule has 0 amide bonds. The highest BCUT2D eigenvalue weighted by molar-refractivity contribution is 5.52. The van der Waals surface area contributed by atoms with Crippen LogP contribution in [0.1, 0.15) is 32.6 Å². The molecule has 0 aliphatic carbocycles. The summed E-state index contributed by atoms with van der Waals surface area (Å²) in [5.74, 6) is -0.576. The number of hydrogen-bond acceptors (Lipinski definition) is 4. The molecule has 1 aromatic rings. The van der Waals surface area contributed by atoms with Gasteiger partial charge in [-0.3, -0.25) is 10.1 Å². The molecule has 1 aliphatic rings. The van der Waals surface area contributed by atoms with Gasteiger partial charge in [0.05, 0.1) is 11.0 Å². The number of likely N-dealkylation sites (tertiary alicyclic amines) is 1. The van der Waals surface area contributed by atoms with Gasteiger partial charge in [-0.2, -0.15) is 0 Å². The molecular weight excluding hydrogens is 273 g/mol. The van der Waals surface area contributed by atoms with Crippen molar-refractivity contribution in [2.24, 2.45) is 0 Å². The van der Waals surface area contributed by atoms with Crippen molar-refractivity contribution in [3.63, 3.8) is 0 Å². The number of halogens is 1. The Hall–Kier alpha value is -1.69. The minimum atomic E-state index is -0.576. The predicted molar refractivity (Wildman–Crippen MR) is 81.0 cm³/mol. The van der Waals surface area contributed by atoms with Gasteiger partial charge in [-0.25, -0.2) is 4.39 Å². The van der Waals surface area contributed by atoms with Gasteiger partial charge in [0, 0.05) is 24.3 Å². The SMILES string of the molecule is CCCN1CCCC(Nc2cc(F)cc([N+](=O)[O-])c2)CC1. The lowest BCUT2D eigenvalue weighted by Gasteiger charge is -2.20. The van der Waals surface area contributed by atoms with Crippen LogP contribution in [0.25, 0.3) is 0 Å². The van der Waals surface area contributed by atoms with Gasteiger partial charge in [-0.05, 0) is 44.8 Å². The highest BCUT2D eigenvalue weighted by atomic mass is 19.1. The number of nitrogens with one attached hydrogen (secondary N) is 1. The van der Waals surface area contributed by atoms with Crippen LogP contribution in [0.3, 0.4) is 0 Å². The van der Waals surface area contributed by atoms with E-state index in [1.54, 1.807) is 0 Å². The van der Waals surface area contributed by atoms with Crippen molar-refractivity contribution in [3.8, 4) is 0 Å². The Morgan fingerprint density at radius 2 is 2.19 bits per heavy atom. The summed E-state index contributed by atoms with van der Waals surface area (Å²) >= 11 is 0. The Labute approximate surface area is 124 Å². The van der Waals surface area contributed by atoms with Gasteiger partial charge in [0.1, 0.15) is 5.82 Å². The smallest absolute Gasteiger partial charge is 0.274 e. The van der Waals surface area contributed by atoms with E-state index in [0.29, 0.717) is 5.69 Å². The first-order valence-electron chi connectivity index (χ1n) is 7.52. The molecule has 6 heteroatoms. The van der Waals surface area contributed by atoms with Gasteiger partial charge in [-0.15, -0.1) is 0 Å². The maximum atomic E-state index is 13.4. The van der Waals surface area contributed by atoms with Crippen LogP contribution in [0, 0.1) is 15.9 Å². The molecule has 2 rings (SSSR count). The molecule has 1 aromatic carbocycles. The van der Waals surface area contributed by atoms with Crippen LogP contribution in [0.15, 0.2) is 18.2 Å². The topological polar surface area (TPSA) is 58.4 Å². The van der Waals surface area contributed by atoms with Crippen molar-refractivity contribution in [3.05, 3.63) is 34.1 Å². The number of hydrogen-bond donors (Lipinski definition) is 1. The first-order valence-corrected chi connectivity index (χ1v) is 7.52. The second-order valence-electron chi connectivity index (χ2n) is 5.57. The largest absolute Gasteiger partial charge is 0.382 e. The lowest BCUT2D eigenvalue weighted by molar-refractivity contribution is -0.385. The molecule has 21 heavy (non-hydrogen) atoms. The van der Waals surface area contributed by atoms with Crippen LogP contribution in [-0.2, 0) is 0 Å². The van der Waals surface area contributed by atoms with Crippen molar-refractivity contribution in [2.45, 2.75) is 38.6 Å². The van der Waals surface area contributed by atoms with E-state index in [-0.39, 0.29) is 11.7 Å². The van der Waals surface area contributed by atoms with Crippen LogP contribution in [0.2, 0.25) is 0 Å². The molecule has 1 fully saturated rings. The summed E-state index contributed by atoms with van der Waals surface area (Å²) in [4.78, 5) is 12.6. The molecule has 5 nitrogen and oxygen atoms in total. The van der Waals surface area contributed by atoms with Gasteiger partial charge in [0.2, 0.25) is 0 Å². The van der Waals surface area contributed by atoms with Gasteiger partial charge in [0.15, 0.2) is 0 Å². The Bertz CT molecular complexity index is 496. The first-order chi connectivity index (χ1) is 10.1. The normalized spacial score (nSPS) is 20.0. The fraction of sp³-hybridized carbons (Fsp3) is 0.600. The van der Waals surface area contributed by atoms with E-state index in [9.17, 15) is 14.5 Å². The third kappa shape index (κ3) is 4.67. The molecule has 1 heterocycles. The molecule has 116 valence electrons. The summed E-state index contributed by atoms with van der Waals surface area (Å²) < 4.78 is 13.4. The van der Waals surface area contributed by atoms with Crippen LogP contribution in [0.5, 0.6) is 0 Å². The maximum absolute atomic E-state index is 13.4. The van der Waals surface area contributed by atoms with Crippen molar-refractivity contribution >= 4 is 11.4 Å². The van der Waals surface area contributed by atoms with Gasteiger partial charge in [0.25, 0.3) is 5.69 Å². The highest BCUT2D eigenvalue weighted by Crippen LogP contribution is 2.23. The number of benzene rings is 1. The van der Waals surface area contributed by atoms with E-state index in [1.165, 1.54) is 12.1 Å². The molecule has 1 unspecified atom stereocenters. The van der Waals surface area contributed by atoms with E-state index in [0.717, 1.165) is 51.4 Å². The van der Waals surface area contributed by atoms with E-state index < -0.39 is 10.7 Å². The minimum Gasteiger partial charge on any atom is -0.382 e. The molecule has 0 bridgehead atoms. The fourth-order valence-electron chi connectivity index (χ4n) is 2.84. The predicted octanol–water partition coefficient (Wildman–Crippen LogP) is 3.41. The van der Waals surface area contributed by atoms with E-state index >= 15 is 0 Å². The Kier molecular flexibility index (Phi) is 5.50. The second-order valence-corrected chi connectivity index (χ2v) is 5.57. The summed E-state index contributed by atoms with van der Waals surface area (Å²) in [7, 11) is 0. The monoisotopic (exact) mass is 295 g/mol. The Balaban J connectivity index is 1.99. The molecule has 1 N–H and O–H groups in total. The first kappa shape index (κ1) is 15.7. The number of nitro benzene ring substituents is 1. The fourth-order valence-corrected chi connectivity index (χ4v) is 2.84. The quantitative estimate of drug-likeness (QED) is 0.668. The molecule has 0 spiro atoms. The Morgan fingerprint density at radius 3 is 2.90 bits per heavy atom. The molecule has 1 atom stereocenters. The van der Waals surface area contributed by atoms with Crippen LogP contribution in [-0.4, -0.2) is 35.5 Å². The van der Waals surface area contributed by atoms with E-state index in [4.69, 9.17) is 0 Å². The molecule has 0 aromatic heterocycles. The third-order valence-electron chi connectivity index (χ3n) is 3.82.